The van der Waals surface area contributed by atoms with Crippen molar-refractivity contribution in [2.75, 3.05) is 37.7 Å². The van der Waals surface area contributed by atoms with Crippen molar-refractivity contribution >= 4 is 11.9 Å². The summed E-state index contributed by atoms with van der Waals surface area (Å²) in [6, 6.07) is 2.02. The van der Waals surface area contributed by atoms with E-state index in [0.717, 1.165) is 6.20 Å². The van der Waals surface area contributed by atoms with Crippen LogP contribution < -0.4 is 14.4 Å². The first-order valence-electron chi connectivity index (χ1n) is 10.3. The summed E-state index contributed by atoms with van der Waals surface area (Å²) < 4.78 is 40.2. The molecule has 0 aliphatic carbocycles. The van der Waals surface area contributed by atoms with E-state index in [4.69, 9.17) is 9.47 Å². The van der Waals surface area contributed by atoms with E-state index in [1.807, 2.05) is 6.07 Å². The highest BCUT2D eigenvalue weighted by molar-refractivity contribution is 5.85. The Labute approximate surface area is 183 Å². The summed E-state index contributed by atoms with van der Waals surface area (Å²) in [6.45, 7) is 2.83. The molecule has 0 radical (unpaired) electrons. The van der Waals surface area contributed by atoms with Gasteiger partial charge in [0.05, 0.1) is 25.9 Å². The molecule has 4 rings (SSSR count). The third-order valence-electron chi connectivity index (χ3n) is 5.55. The summed E-state index contributed by atoms with van der Waals surface area (Å²) in [4.78, 5) is 28.3. The van der Waals surface area contributed by atoms with Crippen molar-refractivity contribution in [3.8, 4) is 17.7 Å². The van der Waals surface area contributed by atoms with E-state index in [-0.39, 0.29) is 69.6 Å². The number of ether oxygens (including phenoxy) is 2. The van der Waals surface area contributed by atoms with Crippen LogP contribution in [0.5, 0.6) is 11.6 Å². The normalized spacial score (nSPS) is 17.6. The monoisotopic (exact) mass is 444 g/mol. The second kappa shape index (κ2) is 8.90. The van der Waals surface area contributed by atoms with Gasteiger partial charge in [0.25, 0.3) is 11.8 Å². The van der Waals surface area contributed by atoms with Gasteiger partial charge in [-0.25, -0.2) is 9.37 Å². The number of halogens is 2. The van der Waals surface area contributed by atoms with Gasteiger partial charge >= 0.3 is 0 Å². The molecule has 1 fully saturated rings. The number of fused-ring (bicyclic) bond motifs is 1. The molecule has 2 aliphatic heterocycles. The number of nitriles is 1. The van der Waals surface area contributed by atoms with Gasteiger partial charge in [-0.15, -0.1) is 0 Å². The molecule has 0 aromatic carbocycles. The number of hydrogen-bond acceptors (Lipinski definition) is 8. The van der Waals surface area contributed by atoms with Gasteiger partial charge in [0.15, 0.2) is 5.67 Å². The molecule has 1 saturated heterocycles. The van der Waals surface area contributed by atoms with Gasteiger partial charge in [0, 0.05) is 43.9 Å². The van der Waals surface area contributed by atoms with Crippen LogP contribution in [0.15, 0.2) is 18.6 Å². The molecule has 4 heterocycles. The first-order chi connectivity index (χ1) is 15.4. The number of aromatic nitrogens is 3. The fourth-order valence-electron chi connectivity index (χ4n) is 3.86. The molecule has 11 heteroatoms. The van der Waals surface area contributed by atoms with Crippen LogP contribution in [0.3, 0.4) is 0 Å². The highest BCUT2D eigenvalue weighted by atomic mass is 19.1. The van der Waals surface area contributed by atoms with Gasteiger partial charge < -0.3 is 19.3 Å². The lowest BCUT2D eigenvalue weighted by molar-refractivity contribution is -0.146. The van der Waals surface area contributed by atoms with Crippen LogP contribution in [-0.2, 0) is 11.3 Å². The largest absolute Gasteiger partial charge is 0.490 e. The molecule has 2 aromatic heterocycles. The van der Waals surface area contributed by atoms with Gasteiger partial charge in [-0.3, -0.25) is 9.78 Å². The van der Waals surface area contributed by atoms with E-state index >= 15 is 4.39 Å². The molecule has 0 N–H and O–H groups in total. The summed E-state index contributed by atoms with van der Waals surface area (Å²) in [5, 5.41) is 9.23. The predicted octanol–water partition coefficient (Wildman–Crippen LogP) is 2.01. The van der Waals surface area contributed by atoms with Gasteiger partial charge in [0.1, 0.15) is 24.0 Å². The van der Waals surface area contributed by atoms with Crippen molar-refractivity contribution in [1.29, 1.82) is 5.26 Å². The van der Waals surface area contributed by atoms with E-state index in [0.29, 0.717) is 11.3 Å². The maximum atomic E-state index is 15.7. The Kier molecular flexibility index (Phi) is 6.03. The molecule has 168 valence electrons. The van der Waals surface area contributed by atoms with E-state index < -0.39 is 17.4 Å². The molecule has 0 unspecified atom stereocenters. The van der Waals surface area contributed by atoms with Crippen molar-refractivity contribution in [3.63, 3.8) is 0 Å². The first kappa shape index (κ1) is 21.7. The molecule has 0 spiro atoms. The Morgan fingerprint density at radius 2 is 2.09 bits per heavy atom. The van der Waals surface area contributed by atoms with Crippen molar-refractivity contribution in [2.45, 2.75) is 32.0 Å². The second-order valence-electron chi connectivity index (χ2n) is 7.57. The quantitative estimate of drug-likeness (QED) is 0.705. The van der Waals surface area contributed by atoms with Crippen molar-refractivity contribution in [2.24, 2.45) is 0 Å². The number of piperidine rings is 1. The fourth-order valence-corrected chi connectivity index (χ4v) is 3.86. The van der Waals surface area contributed by atoms with E-state index in [2.05, 4.69) is 15.0 Å². The Bertz CT molecular complexity index is 1050. The molecule has 1 amide bonds. The Balaban J connectivity index is 1.45. The van der Waals surface area contributed by atoms with Crippen LogP contribution in [0.1, 0.15) is 30.9 Å². The highest BCUT2D eigenvalue weighted by Crippen LogP contribution is 2.33. The van der Waals surface area contributed by atoms with Crippen LogP contribution >= 0.6 is 0 Å². The predicted molar refractivity (Wildman–Crippen MR) is 108 cm³/mol. The number of amides is 1. The fraction of sp³-hybridized carbons (Fsp3) is 0.476. The van der Waals surface area contributed by atoms with Crippen LogP contribution in [-0.4, -0.2) is 64.3 Å². The maximum absolute atomic E-state index is 15.7. The number of rotatable bonds is 4. The van der Waals surface area contributed by atoms with Gasteiger partial charge in [0.2, 0.25) is 11.8 Å². The average Bonchev–Trinajstić information content (AvgIpc) is 3.03. The number of carbonyl (C=O) groups is 1. The van der Waals surface area contributed by atoms with E-state index in [1.54, 1.807) is 11.8 Å². The van der Waals surface area contributed by atoms with Crippen molar-refractivity contribution in [3.05, 3.63) is 35.5 Å². The lowest BCUT2D eigenvalue weighted by Crippen LogP contribution is -2.53. The number of nitrogens with zero attached hydrogens (tertiary/aromatic N) is 6. The Morgan fingerprint density at radius 3 is 2.81 bits per heavy atom. The average molecular weight is 444 g/mol. The minimum absolute atomic E-state index is 0.0583. The van der Waals surface area contributed by atoms with Crippen LogP contribution in [0.4, 0.5) is 14.7 Å². The minimum atomic E-state index is -2.05. The number of hydrogen-bond donors (Lipinski definition) is 0. The summed E-state index contributed by atoms with van der Waals surface area (Å²) in [7, 11) is 0. The van der Waals surface area contributed by atoms with Crippen LogP contribution in [0, 0.1) is 17.1 Å². The smallest absolute Gasteiger partial charge is 0.260 e. The number of anilines is 1. The molecular formula is C21H22F2N6O3. The number of alkyl halides is 1. The zero-order valence-corrected chi connectivity index (χ0v) is 17.6. The lowest BCUT2D eigenvalue weighted by Gasteiger charge is -2.37. The van der Waals surface area contributed by atoms with E-state index in [1.165, 1.54) is 17.3 Å². The summed E-state index contributed by atoms with van der Waals surface area (Å²) in [5.74, 6) is -0.818. The number of carbonyl (C=O) groups excluding carboxylic acids is 1. The molecule has 0 saturated carbocycles. The summed E-state index contributed by atoms with van der Waals surface area (Å²) in [6.07, 6.45) is 3.83. The lowest BCUT2D eigenvalue weighted by atomic mass is 9.91. The van der Waals surface area contributed by atoms with Gasteiger partial charge in [-0.2, -0.15) is 14.6 Å². The molecule has 32 heavy (non-hydrogen) atoms. The zero-order valence-electron chi connectivity index (χ0n) is 17.6. The zero-order chi connectivity index (χ0) is 22.7. The topological polar surface area (TPSA) is 104 Å². The minimum Gasteiger partial charge on any atom is -0.490 e. The van der Waals surface area contributed by atoms with Crippen molar-refractivity contribution < 1.29 is 23.0 Å². The van der Waals surface area contributed by atoms with Crippen molar-refractivity contribution in [1.82, 2.24) is 19.9 Å². The third-order valence-corrected chi connectivity index (χ3v) is 5.55. The molecular weight excluding hydrogens is 422 g/mol. The Hall–Kier alpha value is -3.55. The third kappa shape index (κ3) is 4.12. The summed E-state index contributed by atoms with van der Waals surface area (Å²) in [5.41, 5.74) is -1.20. The summed E-state index contributed by atoms with van der Waals surface area (Å²) >= 11 is 0. The van der Waals surface area contributed by atoms with E-state index in [9.17, 15) is 14.4 Å². The maximum Gasteiger partial charge on any atom is 0.260 e. The number of pyridine rings is 1. The van der Waals surface area contributed by atoms with Gasteiger partial charge in [-0.1, -0.05) is 0 Å². The SMILES string of the molecule is CCOc1nc(N2CCC(F)(C(=O)N3CCOc4c(C#N)cncc4C3)CC2)ncc1F. The first-order valence-corrected chi connectivity index (χ1v) is 10.3. The molecule has 0 atom stereocenters. The highest BCUT2D eigenvalue weighted by Gasteiger charge is 2.45. The molecule has 0 bridgehead atoms. The second-order valence-corrected chi connectivity index (χ2v) is 7.57. The molecule has 2 aliphatic rings. The van der Waals surface area contributed by atoms with Crippen LogP contribution in [0.2, 0.25) is 0 Å². The van der Waals surface area contributed by atoms with Gasteiger partial charge in [-0.05, 0) is 6.92 Å². The standard InChI is InChI=1S/C21H22F2N6O3/c1-2-31-18-16(22)12-26-20(27-18)28-5-3-21(23,4-6-28)19(30)29-7-8-32-17-14(9-24)10-25-11-15(17)13-29/h10-12H,2-8,13H2,1H3. The molecule has 2 aromatic rings. The van der Waals surface area contributed by atoms with Crippen LogP contribution in [0.25, 0.3) is 0 Å². The molecule has 9 nitrogen and oxygen atoms in total. The Morgan fingerprint density at radius 1 is 1.31 bits per heavy atom.